The predicted molar refractivity (Wildman–Crippen MR) is 99.2 cm³/mol. The molecule has 0 saturated heterocycles. The molecule has 0 radical (unpaired) electrons. The minimum atomic E-state index is 0. The molecular formula is C15H32IN3O. The lowest BCUT2D eigenvalue weighted by Crippen LogP contribution is -2.39. The van der Waals surface area contributed by atoms with Crippen molar-refractivity contribution < 1.29 is 4.74 Å². The summed E-state index contributed by atoms with van der Waals surface area (Å²) in [5.74, 6) is 0.964. The number of rotatable bonds is 11. The monoisotopic (exact) mass is 397 g/mol. The van der Waals surface area contributed by atoms with Gasteiger partial charge in [0.2, 0.25) is 0 Å². The molecule has 0 fully saturated rings. The summed E-state index contributed by atoms with van der Waals surface area (Å²) in [7, 11) is 2.07. The zero-order valence-electron chi connectivity index (χ0n) is 13.4. The van der Waals surface area contributed by atoms with Crippen LogP contribution in [-0.2, 0) is 4.74 Å². The van der Waals surface area contributed by atoms with Gasteiger partial charge in [-0.1, -0.05) is 19.4 Å². The molecule has 0 aromatic carbocycles. The Kier molecular flexibility index (Phi) is 18.4. The van der Waals surface area contributed by atoms with E-state index in [2.05, 4.69) is 42.7 Å². The van der Waals surface area contributed by atoms with Gasteiger partial charge in [0.1, 0.15) is 0 Å². The van der Waals surface area contributed by atoms with Crippen molar-refractivity contribution in [3.63, 3.8) is 0 Å². The molecule has 0 aliphatic rings. The highest BCUT2D eigenvalue weighted by molar-refractivity contribution is 14.0. The van der Waals surface area contributed by atoms with Crippen LogP contribution < -0.4 is 5.32 Å². The van der Waals surface area contributed by atoms with E-state index < -0.39 is 0 Å². The van der Waals surface area contributed by atoms with Crippen LogP contribution >= 0.6 is 24.0 Å². The van der Waals surface area contributed by atoms with Crippen molar-refractivity contribution in [1.29, 1.82) is 0 Å². The number of unbranched alkanes of at least 4 members (excludes halogenated alkanes) is 2. The van der Waals surface area contributed by atoms with Crippen LogP contribution in [0.25, 0.3) is 0 Å². The predicted octanol–water partition coefficient (Wildman–Crippen LogP) is 3.28. The zero-order valence-corrected chi connectivity index (χ0v) is 15.7. The molecule has 0 aliphatic heterocycles. The average Bonchev–Trinajstić information content (AvgIpc) is 2.41. The van der Waals surface area contributed by atoms with Gasteiger partial charge in [0.15, 0.2) is 5.96 Å². The molecule has 1 N–H and O–H groups in total. The summed E-state index contributed by atoms with van der Waals surface area (Å²) < 4.78 is 5.51. The van der Waals surface area contributed by atoms with Gasteiger partial charge in [-0.25, -0.2) is 0 Å². The number of hydrogen-bond acceptors (Lipinski definition) is 2. The van der Waals surface area contributed by atoms with Crippen molar-refractivity contribution in [1.82, 2.24) is 10.2 Å². The molecular weight excluding hydrogens is 365 g/mol. The first kappa shape index (κ1) is 22.0. The number of allylic oxidation sites excluding steroid dienone is 1. The maximum Gasteiger partial charge on any atom is 0.193 e. The Morgan fingerprint density at radius 2 is 2.05 bits per heavy atom. The number of guanidine groups is 1. The van der Waals surface area contributed by atoms with E-state index in [0.717, 1.165) is 51.5 Å². The quantitative estimate of drug-likeness (QED) is 0.191. The summed E-state index contributed by atoms with van der Waals surface area (Å²) in [6.07, 6.45) is 6.42. The van der Waals surface area contributed by atoms with E-state index in [-0.39, 0.29) is 24.0 Å². The molecule has 0 spiro atoms. The zero-order chi connectivity index (χ0) is 14.3. The molecule has 0 saturated carbocycles. The van der Waals surface area contributed by atoms with Crippen molar-refractivity contribution >= 4 is 29.9 Å². The Bertz CT molecular complexity index is 247. The first-order valence-corrected chi connectivity index (χ1v) is 7.44. The highest BCUT2D eigenvalue weighted by atomic mass is 127. The number of halogens is 1. The summed E-state index contributed by atoms with van der Waals surface area (Å²) in [6, 6.07) is 0. The Balaban J connectivity index is 0. The first-order chi connectivity index (χ1) is 9.26. The molecule has 5 heteroatoms. The van der Waals surface area contributed by atoms with E-state index >= 15 is 0 Å². The molecule has 0 atom stereocenters. The summed E-state index contributed by atoms with van der Waals surface area (Å²) >= 11 is 0. The second-order valence-electron chi connectivity index (χ2n) is 4.55. The van der Waals surface area contributed by atoms with Crippen LogP contribution in [0, 0.1) is 0 Å². The number of nitrogens with zero attached hydrogens (tertiary/aromatic N) is 2. The van der Waals surface area contributed by atoms with Gasteiger partial charge in [0, 0.05) is 26.7 Å². The van der Waals surface area contributed by atoms with Crippen molar-refractivity contribution in [2.24, 2.45) is 4.99 Å². The van der Waals surface area contributed by atoms with Crippen LogP contribution in [-0.4, -0.2) is 50.8 Å². The number of hydrogen-bond donors (Lipinski definition) is 1. The fourth-order valence-electron chi connectivity index (χ4n) is 1.61. The van der Waals surface area contributed by atoms with Crippen LogP contribution in [0.3, 0.4) is 0 Å². The topological polar surface area (TPSA) is 36.9 Å². The van der Waals surface area contributed by atoms with Gasteiger partial charge >= 0.3 is 0 Å². The molecule has 0 rings (SSSR count). The summed E-state index contributed by atoms with van der Waals surface area (Å²) in [5, 5.41) is 3.31. The lowest BCUT2D eigenvalue weighted by atomic mass is 10.3. The molecule has 0 heterocycles. The number of ether oxygens (including phenoxy) is 1. The van der Waals surface area contributed by atoms with E-state index in [1.54, 1.807) is 0 Å². The largest absolute Gasteiger partial charge is 0.380 e. The third-order valence-electron chi connectivity index (χ3n) is 2.74. The van der Waals surface area contributed by atoms with Gasteiger partial charge in [0.05, 0.1) is 13.2 Å². The third-order valence-corrected chi connectivity index (χ3v) is 2.74. The van der Waals surface area contributed by atoms with Crippen molar-refractivity contribution in [2.45, 2.75) is 39.5 Å². The second kappa shape index (κ2) is 16.8. The maximum atomic E-state index is 5.51. The van der Waals surface area contributed by atoms with E-state index in [9.17, 15) is 0 Å². The smallest absolute Gasteiger partial charge is 0.193 e. The van der Waals surface area contributed by atoms with Crippen molar-refractivity contribution in [3.8, 4) is 0 Å². The van der Waals surface area contributed by atoms with E-state index in [1.165, 1.54) is 6.42 Å². The Morgan fingerprint density at radius 3 is 2.65 bits per heavy atom. The van der Waals surface area contributed by atoms with Gasteiger partial charge in [-0.2, -0.15) is 0 Å². The van der Waals surface area contributed by atoms with Crippen molar-refractivity contribution in [2.75, 3.05) is 39.9 Å². The van der Waals surface area contributed by atoms with E-state index in [1.807, 2.05) is 6.08 Å². The Hall–Kier alpha value is -0.300. The Labute approximate surface area is 142 Å². The molecule has 0 aromatic rings. The Morgan fingerprint density at radius 1 is 1.30 bits per heavy atom. The SMILES string of the molecule is C=CCCCN(C)C(=NCCOCCCC)NCC.I. The fourth-order valence-corrected chi connectivity index (χ4v) is 1.61. The van der Waals surface area contributed by atoms with Crippen LogP contribution in [0.2, 0.25) is 0 Å². The van der Waals surface area contributed by atoms with Gasteiger partial charge in [-0.05, 0) is 26.2 Å². The fraction of sp³-hybridized carbons (Fsp3) is 0.800. The lowest BCUT2D eigenvalue weighted by molar-refractivity contribution is 0.138. The lowest BCUT2D eigenvalue weighted by Gasteiger charge is -2.21. The van der Waals surface area contributed by atoms with Crippen molar-refractivity contribution in [3.05, 3.63) is 12.7 Å². The third kappa shape index (κ3) is 12.7. The second-order valence-corrected chi connectivity index (χ2v) is 4.55. The molecule has 20 heavy (non-hydrogen) atoms. The average molecular weight is 397 g/mol. The molecule has 0 unspecified atom stereocenters. The minimum Gasteiger partial charge on any atom is -0.380 e. The molecule has 4 nitrogen and oxygen atoms in total. The van der Waals surface area contributed by atoms with Crippen LogP contribution in [0.1, 0.15) is 39.5 Å². The van der Waals surface area contributed by atoms with Gasteiger partial charge in [-0.3, -0.25) is 4.99 Å². The van der Waals surface area contributed by atoms with E-state index in [4.69, 9.17) is 4.74 Å². The number of nitrogens with one attached hydrogen (secondary N) is 1. The van der Waals surface area contributed by atoms with Gasteiger partial charge in [0.25, 0.3) is 0 Å². The molecule has 0 amide bonds. The molecule has 0 aliphatic carbocycles. The maximum absolute atomic E-state index is 5.51. The highest BCUT2D eigenvalue weighted by Gasteiger charge is 2.03. The van der Waals surface area contributed by atoms with Gasteiger partial charge in [-0.15, -0.1) is 30.6 Å². The van der Waals surface area contributed by atoms with Crippen LogP contribution in [0.4, 0.5) is 0 Å². The summed E-state index contributed by atoms with van der Waals surface area (Å²) in [6.45, 7) is 12.2. The molecule has 0 aromatic heterocycles. The molecule has 0 bridgehead atoms. The number of aliphatic imine (C=N–C) groups is 1. The minimum absolute atomic E-state index is 0. The van der Waals surface area contributed by atoms with Crippen LogP contribution in [0.5, 0.6) is 0 Å². The van der Waals surface area contributed by atoms with Crippen LogP contribution in [0.15, 0.2) is 17.6 Å². The summed E-state index contributed by atoms with van der Waals surface area (Å²) in [4.78, 5) is 6.74. The standard InChI is InChI=1S/C15H31N3O.HI/c1-5-8-10-12-18(4)15(16-7-3)17-11-14-19-13-9-6-2;/h5H,1,6-14H2,2-4H3,(H,16,17);1H. The van der Waals surface area contributed by atoms with Gasteiger partial charge < -0.3 is 15.0 Å². The normalized spacial score (nSPS) is 10.8. The molecule has 120 valence electrons. The highest BCUT2D eigenvalue weighted by Crippen LogP contribution is 1.95. The van der Waals surface area contributed by atoms with E-state index in [0.29, 0.717) is 6.61 Å². The summed E-state index contributed by atoms with van der Waals surface area (Å²) in [5.41, 5.74) is 0. The first-order valence-electron chi connectivity index (χ1n) is 7.44.